The van der Waals surface area contributed by atoms with Gasteiger partial charge in [0.15, 0.2) is 0 Å². The molecule has 1 aromatic carbocycles. The summed E-state index contributed by atoms with van der Waals surface area (Å²) in [5, 5.41) is 1.52. The molecule has 2 amide bonds. The SMILES string of the molecule is CCCCCCc1ccccc1NC(=O)[S-].NC(=O)[S-].[Cu+2]. The number of benzene rings is 1. The van der Waals surface area contributed by atoms with Crippen molar-refractivity contribution >= 4 is 41.4 Å². The minimum Gasteiger partial charge on any atom is -0.719 e. The molecule has 21 heavy (non-hydrogen) atoms. The van der Waals surface area contributed by atoms with Crippen molar-refractivity contribution in [3.63, 3.8) is 0 Å². The van der Waals surface area contributed by atoms with Crippen LogP contribution in [0.25, 0.3) is 0 Å². The molecule has 0 unspecified atom stereocenters. The van der Waals surface area contributed by atoms with Crippen molar-refractivity contribution in [2.45, 2.75) is 39.0 Å². The Morgan fingerprint density at radius 2 is 1.71 bits per heavy atom. The summed E-state index contributed by atoms with van der Waals surface area (Å²) in [6, 6.07) is 7.86. The zero-order chi connectivity index (χ0) is 15.4. The largest absolute Gasteiger partial charge is 2.00 e. The molecule has 0 bridgehead atoms. The molecule has 121 valence electrons. The smallest absolute Gasteiger partial charge is 0.719 e. The Morgan fingerprint density at radius 1 is 1.14 bits per heavy atom. The van der Waals surface area contributed by atoms with Gasteiger partial charge in [-0.2, -0.15) is 0 Å². The van der Waals surface area contributed by atoms with Crippen molar-refractivity contribution in [1.82, 2.24) is 0 Å². The molecular formula is C14H20CuN2O2S2. The molecule has 0 saturated heterocycles. The maximum absolute atomic E-state index is 10.8. The zero-order valence-corrected chi connectivity index (χ0v) is 14.4. The Balaban J connectivity index is 0. The topological polar surface area (TPSA) is 72.2 Å². The van der Waals surface area contributed by atoms with Gasteiger partial charge in [-0.25, -0.2) is 0 Å². The van der Waals surface area contributed by atoms with Crippen LogP contribution in [0, 0.1) is 0 Å². The summed E-state index contributed by atoms with van der Waals surface area (Å²) in [5.41, 5.74) is 6.32. The molecular weight excluding hydrogens is 356 g/mol. The molecule has 1 radical (unpaired) electrons. The van der Waals surface area contributed by atoms with Crippen molar-refractivity contribution in [3.05, 3.63) is 29.8 Å². The number of nitrogens with two attached hydrogens (primary N) is 1. The average Bonchev–Trinajstić information content (AvgIpc) is 2.35. The Labute approximate surface area is 147 Å². The van der Waals surface area contributed by atoms with Crippen molar-refractivity contribution < 1.29 is 26.7 Å². The number of aryl methyl sites for hydroxylation is 1. The molecule has 0 saturated carbocycles. The average molecular weight is 376 g/mol. The number of para-hydroxylation sites is 1. The Hall–Kier alpha value is -0.881. The quantitative estimate of drug-likeness (QED) is 0.453. The summed E-state index contributed by atoms with van der Waals surface area (Å²) in [7, 11) is 0. The fraction of sp³-hybridized carbons (Fsp3) is 0.429. The first-order valence-corrected chi connectivity index (χ1v) is 7.31. The van der Waals surface area contributed by atoms with Crippen LogP contribution in [-0.4, -0.2) is 10.5 Å². The number of amides is 2. The van der Waals surface area contributed by atoms with E-state index < -0.39 is 10.5 Å². The van der Waals surface area contributed by atoms with E-state index in [2.05, 4.69) is 43.2 Å². The number of nitrogens with one attached hydrogen (secondary N) is 1. The third kappa shape index (κ3) is 13.8. The summed E-state index contributed by atoms with van der Waals surface area (Å²) in [6.07, 6.45) is 5.93. The fourth-order valence-corrected chi connectivity index (χ4v) is 1.82. The number of carbonyl (C=O) groups excluding carboxylic acids is 2. The van der Waals surface area contributed by atoms with E-state index in [1.165, 1.54) is 24.8 Å². The molecule has 0 heterocycles. The summed E-state index contributed by atoms with van der Waals surface area (Å²) >= 11 is 8.28. The van der Waals surface area contributed by atoms with Crippen LogP contribution in [0.3, 0.4) is 0 Å². The third-order valence-electron chi connectivity index (χ3n) is 2.55. The number of primary amides is 1. The molecule has 7 heteroatoms. The minimum atomic E-state index is -0.750. The third-order valence-corrected chi connectivity index (χ3v) is 2.66. The van der Waals surface area contributed by atoms with Crippen LogP contribution in [0.5, 0.6) is 0 Å². The molecule has 1 rings (SSSR count). The molecule has 3 N–H and O–H groups in total. The second-order valence-electron chi connectivity index (χ2n) is 4.20. The van der Waals surface area contributed by atoms with Gasteiger partial charge in [-0.3, -0.25) is 0 Å². The summed E-state index contributed by atoms with van der Waals surface area (Å²) in [5.74, 6) is 0. The van der Waals surface area contributed by atoms with Crippen LogP contribution in [0.15, 0.2) is 24.3 Å². The van der Waals surface area contributed by atoms with Crippen molar-refractivity contribution in [2.24, 2.45) is 5.73 Å². The first-order valence-electron chi connectivity index (χ1n) is 6.49. The monoisotopic (exact) mass is 375 g/mol. The first-order chi connectivity index (χ1) is 9.47. The van der Waals surface area contributed by atoms with Gasteiger partial charge in [-0.15, -0.1) is 0 Å². The van der Waals surface area contributed by atoms with Crippen LogP contribution >= 0.6 is 0 Å². The number of unbranched alkanes of at least 4 members (excludes halogenated alkanes) is 3. The molecule has 1 aromatic rings. The standard InChI is InChI=1S/C13H19NOS.CH3NOS.Cu/c1-2-3-4-5-8-11-9-6-7-10-12(11)14-13(15)16;2-1(3)4;/h6-7,9-10H,2-5,8H2,1H3,(H2,14,15,16);(H3,2,3,4);/q;;+2/p-2. The zero-order valence-electron chi connectivity index (χ0n) is 11.9. The number of hydrogen-bond donors (Lipinski definition) is 2. The van der Waals surface area contributed by atoms with Crippen LogP contribution in [0.1, 0.15) is 38.2 Å². The number of anilines is 1. The van der Waals surface area contributed by atoms with Gasteiger partial charge >= 0.3 is 17.1 Å². The van der Waals surface area contributed by atoms with Gasteiger partial charge in [0, 0.05) is 5.69 Å². The number of carbonyl (C=O) groups is 2. The van der Waals surface area contributed by atoms with Gasteiger partial charge in [0.2, 0.25) is 0 Å². The predicted molar refractivity (Wildman–Crippen MR) is 87.6 cm³/mol. The fourth-order valence-electron chi connectivity index (χ4n) is 1.71. The van der Waals surface area contributed by atoms with Crippen molar-refractivity contribution in [3.8, 4) is 0 Å². The molecule has 0 aliphatic carbocycles. The normalized spacial score (nSPS) is 8.81. The van der Waals surface area contributed by atoms with Crippen molar-refractivity contribution in [1.29, 1.82) is 0 Å². The molecule has 0 spiro atoms. The minimum absolute atomic E-state index is 0. The molecule has 0 fully saturated rings. The van der Waals surface area contributed by atoms with Gasteiger partial charge < -0.3 is 45.9 Å². The van der Waals surface area contributed by atoms with E-state index in [1.54, 1.807) is 0 Å². The Bertz CT molecular complexity index is 427. The molecule has 0 aliphatic heterocycles. The molecule has 0 aliphatic rings. The number of rotatable bonds is 6. The molecule has 0 atom stereocenters. The van der Waals surface area contributed by atoms with Crippen molar-refractivity contribution in [2.75, 3.05) is 5.32 Å². The van der Waals surface area contributed by atoms with Gasteiger partial charge in [0.25, 0.3) is 0 Å². The van der Waals surface area contributed by atoms with Gasteiger partial charge in [-0.1, -0.05) is 44.4 Å². The van der Waals surface area contributed by atoms with Gasteiger partial charge in [-0.05, 0) is 24.5 Å². The summed E-state index contributed by atoms with van der Waals surface area (Å²) < 4.78 is 0. The van der Waals surface area contributed by atoms with E-state index in [9.17, 15) is 4.79 Å². The Morgan fingerprint density at radius 3 is 2.24 bits per heavy atom. The van der Waals surface area contributed by atoms with Crippen LogP contribution in [0.2, 0.25) is 0 Å². The maximum Gasteiger partial charge on any atom is 2.00 e. The molecule has 4 nitrogen and oxygen atoms in total. The van der Waals surface area contributed by atoms with E-state index in [-0.39, 0.29) is 17.1 Å². The van der Waals surface area contributed by atoms with Gasteiger partial charge in [0.05, 0.1) is 5.24 Å². The Kier molecular flexibility index (Phi) is 15.0. The maximum atomic E-state index is 10.8. The summed E-state index contributed by atoms with van der Waals surface area (Å²) in [6.45, 7) is 2.20. The number of hydrogen-bond acceptors (Lipinski definition) is 4. The van der Waals surface area contributed by atoms with E-state index in [0.717, 1.165) is 18.5 Å². The second kappa shape index (κ2) is 14.1. The predicted octanol–water partition coefficient (Wildman–Crippen LogP) is 3.50. The molecule has 0 aromatic heterocycles. The van der Waals surface area contributed by atoms with Gasteiger partial charge in [0.1, 0.15) is 5.24 Å². The second-order valence-corrected chi connectivity index (χ2v) is 4.97. The van der Waals surface area contributed by atoms with Crippen LogP contribution in [0.4, 0.5) is 15.3 Å². The van der Waals surface area contributed by atoms with E-state index in [0.29, 0.717) is 0 Å². The van der Waals surface area contributed by atoms with E-state index in [1.807, 2.05) is 24.3 Å². The summed E-state index contributed by atoms with van der Waals surface area (Å²) in [4.78, 5) is 19.9. The van der Waals surface area contributed by atoms with Crippen LogP contribution in [-0.2, 0) is 48.7 Å². The first kappa shape index (κ1) is 22.4. The van der Waals surface area contributed by atoms with Crippen LogP contribution < -0.4 is 11.1 Å². The van der Waals surface area contributed by atoms with E-state index in [4.69, 9.17) is 4.79 Å². The van der Waals surface area contributed by atoms with E-state index >= 15 is 0 Å².